The van der Waals surface area contributed by atoms with Gasteiger partial charge in [-0.2, -0.15) is 18.2 Å². The second-order valence-corrected chi connectivity index (χ2v) is 5.21. The summed E-state index contributed by atoms with van der Waals surface area (Å²) >= 11 is 0. The zero-order valence-electron chi connectivity index (χ0n) is 12.3. The van der Waals surface area contributed by atoms with Gasteiger partial charge in [-0.3, -0.25) is 0 Å². The molecule has 9 heteroatoms. The Labute approximate surface area is 130 Å². The molecule has 1 aliphatic rings. The maximum absolute atomic E-state index is 12.8. The number of hydrogen-bond acceptors (Lipinski definition) is 6. The van der Waals surface area contributed by atoms with E-state index >= 15 is 0 Å². The molecule has 1 aliphatic heterocycles. The molecule has 2 N–H and O–H groups in total. The number of nitrogens with zero attached hydrogens (tertiary/aromatic N) is 4. The molecule has 0 spiro atoms. The van der Waals surface area contributed by atoms with E-state index < -0.39 is 11.7 Å². The van der Waals surface area contributed by atoms with Crippen LogP contribution in [-0.4, -0.2) is 36.3 Å². The minimum absolute atomic E-state index is 0.178. The highest BCUT2D eigenvalue weighted by Crippen LogP contribution is 2.32. The summed E-state index contributed by atoms with van der Waals surface area (Å²) in [4.78, 5) is 7.99. The van der Waals surface area contributed by atoms with Gasteiger partial charge in [-0.05, 0) is 23.4 Å². The fraction of sp³-hybridized carbons (Fsp3) is 0.429. The molecule has 0 bridgehead atoms. The van der Waals surface area contributed by atoms with Crippen LogP contribution in [0.5, 0.6) is 0 Å². The van der Waals surface area contributed by atoms with Crippen LogP contribution in [0.2, 0.25) is 0 Å². The molecule has 0 radical (unpaired) electrons. The lowest BCUT2D eigenvalue weighted by atomic mass is 10.1. The van der Waals surface area contributed by atoms with Gasteiger partial charge in [-0.15, -0.1) is 0 Å². The van der Waals surface area contributed by atoms with Crippen molar-refractivity contribution in [1.29, 1.82) is 0 Å². The van der Waals surface area contributed by atoms with Gasteiger partial charge in [0, 0.05) is 31.9 Å². The van der Waals surface area contributed by atoms with Crippen molar-refractivity contribution >= 4 is 11.6 Å². The highest BCUT2D eigenvalue weighted by Gasteiger charge is 2.31. The third-order valence-electron chi connectivity index (χ3n) is 3.73. The van der Waals surface area contributed by atoms with Crippen molar-refractivity contribution in [2.75, 3.05) is 36.0 Å². The minimum atomic E-state index is -4.33. The van der Waals surface area contributed by atoms with Gasteiger partial charge in [0.15, 0.2) is 0 Å². The van der Waals surface area contributed by atoms with Crippen LogP contribution in [0, 0.1) is 0 Å². The van der Waals surface area contributed by atoms with Crippen molar-refractivity contribution in [3.63, 3.8) is 0 Å². The smallest absolute Gasteiger partial charge is 0.368 e. The first-order chi connectivity index (χ1) is 11.0. The summed E-state index contributed by atoms with van der Waals surface area (Å²) in [7, 11) is 0. The Balaban J connectivity index is 1.67. The first-order valence-electron chi connectivity index (χ1n) is 7.17. The van der Waals surface area contributed by atoms with Gasteiger partial charge < -0.3 is 20.1 Å². The van der Waals surface area contributed by atoms with Gasteiger partial charge in [-0.25, -0.2) is 0 Å². The lowest BCUT2D eigenvalue weighted by molar-refractivity contribution is -0.137. The Hall–Kier alpha value is -2.29. The van der Waals surface area contributed by atoms with Crippen LogP contribution in [0.3, 0.4) is 0 Å². The largest absolute Gasteiger partial charge is 0.416 e. The Morgan fingerprint density at radius 3 is 2.43 bits per heavy atom. The number of piperazine rings is 1. The van der Waals surface area contributed by atoms with Crippen LogP contribution < -0.4 is 15.5 Å². The molecule has 1 saturated heterocycles. The standard InChI is InChI=1S/C14H16F3N5O/c15-14(16,17)10-2-1-3-11(8-10)21-4-6-22(7-5-21)13-19-12(9-18)23-20-13/h1-3,8H,4-7,9,18H2. The van der Waals surface area contributed by atoms with E-state index in [9.17, 15) is 13.2 Å². The first kappa shape index (κ1) is 15.6. The summed E-state index contributed by atoms with van der Waals surface area (Å²) in [5.74, 6) is 0.828. The second kappa shape index (κ2) is 6.07. The fourth-order valence-corrected chi connectivity index (χ4v) is 2.50. The topological polar surface area (TPSA) is 71.4 Å². The first-order valence-corrected chi connectivity index (χ1v) is 7.17. The summed E-state index contributed by atoms with van der Waals surface area (Å²) in [6.45, 7) is 2.53. The molecule has 0 saturated carbocycles. The van der Waals surface area contributed by atoms with Crippen LogP contribution in [0.25, 0.3) is 0 Å². The lowest BCUT2D eigenvalue weighted by Crippen LogP contribution is -2.47. The molecular formula is C14H16F3N5O. The second-order valence-electron chi connectivity index (χ2n) is 5.21. The Kier molecular flexibility index (Phi) is 4.12. The summed E-state index contributed by atoms with van der Waals surface area (Å²) in [5, 5.41) is 3.85. The number of benzene rings is 1. The molecule has 0 amide bonds. The average molecular weight is 327 g/mol. The van der Waals surface area contributed by atoms with Gasteiger partial charge >= 0.3 is 6.18 Å². The molecule has 3 rings (SSSR count). The van der Waals surface area contributed by atoms with E-state index in [2.05, 4.69) is 10.1 Å². The number of hydrogen-bond donors (Lipinski definition) is 1. The van der Waals surface area contributed by atoms with Crippen LogP contribution in [-0.2, 0) is 12.7 Å². The molecule has 2 heterocycles. The van der Waals surface area contributed by atoms with E-state index in [1.165, 1.54) is 12.1 Å². The van der Waals surface area contributed by atoms with Crippen LogP contribution in [0.1, 0.15) is 11.5 Å². The molecule has 124 valence electrons. The Bertz CT molecular complexity index is 664. The molecule has 1 fully saturated rings. The molecule has 0 unspecified atom stereocenters. The third kappa shape index (κ3) is 3.39. The van der Waals surface area contributed by atoms with Crippen LogP contribution >= 0.6 is 0 Å². The van der Waals surface area contributed by atoms with E-state index in [-0.39, 0.29) is 6.54 Å². The lowest BCUT2D eigenvalue weighted by Gasteiger charge is -2.35. The Morgan fingerprint density at radius 2 is 1.83 bits per heavy atom. The highest BCUT2D eigenvalue weighted by atomic mass is 19.4. The predicted octanol–water partition coefficient (Wildman–Crippen LogP) is 1.87. The van der Waals surface area contributed by atoms with Crippen LogP contribution in [0.15, 0.2) is 28.8 Å². The maximum Gasteiger partial charge on any atom is 0.416 e. The number of anilines is 2. The van der Waals surface area contributed by atoms with Crippen molar-refractivity contribution in [2.24, 2.45) is 5.73 Å². The monoisotopic (exact) mass is 327 g/mol. The SMILES string of the molecule is NCc1nc(N2CCN(c3cccc(C(F)(F)F)c3)CC2)no1. The van der Waals surface area contributed by atoms with Crippen molar-refractivity contribution < 1.29 is 17.7 Å². The van der Waals surface area contributed by atoms with Gasteiger partial charge in [-0.1, -0.05) is 6.07 Å². The molecular weight excluding hydrogens is 311 g/mol. The Morgan fingerprint density at radius 1 is 1.13 bits per heavy atom. The molecule has 2 aromatic rings. The van der Waals surface area contributed by atoms with Crippen molar-refractivity contribution in [3.8, 4) is 0 Å². The van der Waals surface area contributed by atoms with Gasteiger partial charge in [0.25, 0.3) is 5.95 Å². The number of halogens is 3. The van der Waals surface area contributed by atoms with Crippen molar-refractivity contribution in [1.82, 2.24) is 10.1 Å². The van der Waals surface area contributed by atoms with Crippen molar-refractivity contribution in [3.05, 3.63) is 35.7 Å². The fourth-order valence-electron chi connectivity index (χ4n) is 2.50. The number of aromatic nitrogens is 2. The molecule has 1 aromatic carbocycles. The predicted molar refractivity (Wildman–Crippen MR) is 78.1 cm³/mol. The van der Waals surface area contributed by atoms with Crippen LogP contribution in [0.4, 0.5) is 24.8 Å². The van der Waals surface area contributed by atoms with Gasteiger partial charge in [0.2, 0.25) is 5.89 Å². The van der Waals surface area contributed by atoms with Gasteiger partial charge in [0.05, 0.1) is 12.1 Å². The van der Waals surface area contributed by atoms with E-state index in [0.29, 0.717) is 43.7 Å². The summed E-state index contributed by atoms with van der Waals surface area (Å²) in [6, 6.07) is 5.37. The summed E-state index contributed by atoms with van der Waals surface area (Å²) < 4.78 is 43.3. The number of nitrogens with two attached hydrogens (primary N) is 1. The van der Waals surface area contributed by atoms with Gasteiger partial charge in [0.1, 0.15) is 0 Å². The minimum Gasteiger partial charge on any atom is -0.368 e. The molecule has 0 aliphatic carbocycles. The zero-order chi connectivity index (χ0) is 16.4. The van der Waals surface area contributed by atoms with E-state index in [1.807, 2.05) is 9.80 Å². The van der Waals surface area contributed by atoms with E-state index in [0.717, 1.165) is 6.07 Å². The number of alkyl halides is 3. The highest BCUT2D eigenvalue weighted by molar-refractivity contribution is 5.51. The normalized spacial score (nSPS) is 16.0. The number of rotatable bonds is 3. The average Bonchev–Trinajstić information content (AvgIpc) is 3.03. The zero-order valence-corrected chi connectivity index (χ0v) is 12.3. The van der Waals surface area contributed by atoms with E-state index in [1.54, 1.807) is 6.07 Å². The molecule has 6 nitrogen and oxygen atoms in total. The quantitative estimate of drug-likeness (QED) is 0.928. The molecule has 23 heavy (non-hydrogen) atoms. The molecule has 1 aromatic heterocycles. The summed E-state index contributed by atoms with van der Waals surface area (Å²) in [6.07, 6.45) is -4.33. The van der Waals surface area contributed by atoms with E-state index in [4.69, 9.17) is 10.3 Å². The maximum atomic E-state index is 12.8. The summed E-state index contributed by atoms with van der Waals surface area (Å²) in [5.41, 5.74) is 5.35. The van der Waals surface area contributed by atoms with Crippen molar-refractivity contribution in [2.45, 2.75) is 12.7 Å². The molecule has 0 atom stereocenters. The third-order valence-corrected chi connectivity index (χ3v) is 3.73.